The Hall–Kier alpha value is -3.13. The molecule has 1 aliphatic carbocycles. The van der Waals surface area contributed by atoms with Crippen molar-refractivity contribution in [1.82, 2.24) is 20.0 Å². The number of halogens is 1. The summed E-state index contributed by atoms with van der Waals surface area (Å²) in [6.45, 7) is 2.24. The maximum atomic E-state index is 13.3. The Morgan fingerprint density at radius 3 is 2.84 bits per heavy atom. The minimum absolute atomic E-state index is 0.228. The molecule has 5 rings (SSSR count). The number of benzene rings is 2. The van der Waals surface area contributed by atoms with E-state index < -0.39 is 0 Å². The smallest absolute Gasteiger partial charge is 0.277 e. The summed E-state index contributed by atoms with van der Waals surface area (Å²) >= 11 is 1.46. The molecule has 0 saturated carbocycles. The molecule has 0 radical (unpaired) electrons. The van der Waals surface area contributed by atoms with E-state index in [1.54, 1.807) is 12.1 Å². The topological polar surface area (TPSA) is 66.0 Å². The predicted octanol–water partition coefficient (Wildman–Crippen LogP) is 5.06. The van der Waals surface area contributed by atoms with E-state index in [9.17, 15) is 4.39 Å². The van der Waals surface area contributed by atoms with Crippen molar-refractivity contribution in [3.63, 3.8) is 0 Å². The third kappa shape index (κ3) is 4.34. The van der Waals surface area contributed by atoms with E-state index >= 15 is 0 Å². The fourth-order valence-corrected chi connectivity index (χ4v) is 4.51. The minimum Gasteiger partial charge on any atom is -0.484 e. The number of aromatic nitrogens is 4. The van der Waals surface area contributed by atoms with Gasteiger partial charge in [-0.15, -0.1) is 10.2 Å². The van der Waals surface area contributed by atoms with Crippen molar-refractivity contribution in [3.8, 4) is 11.4 Å². The zero-order valence-corrected chi connectivity index (χ0v) is 17.9. The predicted molar refractivity (Wildman–Crippen MR) is 115 cm³/mol. The van der Waals surface area contributed by atoms with Crippen LogP contribution in [-0.4, -0.2) is 20.0 Å². The Morgan fingerprint density at radius 2 is 2.00 bits per heavy atom. The van der Waals surface area contributed by atoms with Gasteiger partial charge in [-0.05, 0) is 73.7 Å². The summed E-state index contributed by atoms with van der Waals surface area (Å²) < 4.78 is 26.7. The van der Waals surface area contributed by atoms with Gasteiger partial charge in [0.05, 0.1) is 11.4 Å². The first-order chi connectivity index (χ1) is 15.2. The van der Waals surface area contributed by atoms with E-state index in [2.05, 4.69) is 10.2 Å². The van der Waals surface area contributed by atoms with E-state index in [-0.39, 0.29) is 12.4 Å². The van der Waals surface area contributed by atoms with Gasteiger partial charge < -0.3 is 9.15 Å². The van der Waals surface area contributed by atoms with E-state index in [1.807, 2.05) is 35.9 Å². The van der Waals surface area contributed by atoms with Crippen molar-refractivity contribution in [3.05, 3.63) is 82.8 Å². The van der Waals surface area contributed by atoms with Gasteiger partial charge in [0.25, 0.3) is 11.1 Å². The monoisotopic (exact) mass is 436 g/mol. The molecule has 2 aromatic carbocycles. The number of hydrogen-bond donors (Lipinski definition) is 0. The number of fused-ring (bicyclic) bond motifs is 1. The van der Waals surface area contributed by atoms with Crippen molar-refractivity contribution in [2.24, 2.45) is 0 Å². The summed E-state index contributed by atoms with van der Waals surface area (Å²) in [7, 11) is 0. The van der Waals surface area contributed by atoms with Crippen molar-refractivity contribution in [2.45, 2.75) is 43.8 Å². The Labute approximate surface area is 183 Å². The van der Waals surface area contributed by atoms with Crippen LogP contribution in [0.25, 0.3) is 5.69 Å². The van der Waals surface area contributed by atoms with Crippen LogP contribution >= 0.6 is 11.8 Å². The van der Waals surface area contributed by atoms with Crippen LogP contribution < -0.4 is 4.74 Å². The number of ether oxygens (including phenoxy) is 1. The average Bonchev–Trinajstić information content (AvgIpc) is 3.49. The molecule has 0 N–H and O–H groups in total. The lowest BCUT2D eigenvalue weighted by Crippen LogP contribution is -2.01. The average molecular weight is 437 g/mol. The summed E-state index contributed by atoms with van der Waals surface area (Å²) in [6.07, 6.45) is 3.09. The number of aryl methyl sites for hydroxylation is 1. The lowest BCUT2D eigenvalue weighted by molar-refractivity contribution is 0.252. The highest BCUT2D eigenvalue weighted by atomic mass is 32.2. The van der Waals surface area contributed by atoms with Crippen molar-refractivity contribution >= 4 is 11.8 Å². The molecule has 4 aromatic rings. The molecule has 6 nitrogen and oxygen atoms in total. The van der Waals surface area contributed by atoms with Gasteiger partial charge in [0.15, 0.2) is 6.61 Å². The molecule has 0 spiro atoms. The molecular weight excluding hydrogens is 415 g/mol. The normalized spacial score (nSPS) is 12.8. The number of nitrogens with zero attached hydrogens (tertiary/aromatic N) is 4. The van der Waals surface area contributed by atoms with Crippen LogP contribution in [0, 0.1) is 12.7 Å². The summed E-state index contributed by atoms with van der Waals surface area (Å²) in [4.78, 5) is 0. The van der Waals surface area contributed by atoms with Crippen LogP contribution in [0.3, 0.4) is 0 Å². The summed E-state index contributed by atoms with van der Waals surface area (Å²) in [6, 6.07) is 14.3. The van der Waals surface area contributed by atoms with Crippen molar-refractivity contribution < 1.29 is 13.5 Å². The summed E-state index contributed by atoms with van der Waals surface area (Å²) in [5.74, 6) is 1.60. The molecule has 0 saturated heterocycles. The molecule has 158 valence electrons. The highest BCUT2D eigenvalue weighted by Crippen LogP contribution is 2.31. The summed E-state index contributed by atoms with van der Waals surface area (Å²) in [5.41, 5.74) is 5.51. The SMILES string of the molecule is Cc1cccc(OCc2nnc(SCc3nn(-c4ccc(F)cc4)c4c3CCC4)o2)c1. The van der Waals surface area contributed by atoms with Crippen LogP contribution in [0.5, 0.6) is 5.75 Å². The third-order valence-electron chi connectivity index (χ3n) is 5.22. The highest BCUT2D eigenvalue weighted by Gasteiger charge is 2.23. The first-order valence-corrected chi connectivity index (χ1v) is 11.1. The zero-order chi connectivity index (χ0) is 21.2. The first-order valence-electron chi connectivity index (χ1n) is 10.2. The fourth-order valence-electron chi connectivity index (χ4n) is 3.76. The fraction of sp³-hybridized carbons (Fsp3) is 0.261. The molecule has 0 aliphatic heterocycles. The van der Waals surface area contributed by atoms with Gasteiger partial charge in [-0.3, -0.25) is 0 Å². The summed E-state index contributed by atoms with van der Waals surface area (Å²) in [5, 5.41) is 13.5. The Bertz CT molecular complexity index is 1200. The molecule has 31 heavy (non-hydrogen) atoms. The van der Waals surface area contributed by atoms with E-state index in [0.29, 0.717) is 16.9 Å². The van der Waals surface area contributed by atoms with Gasteiger partial charge in [0, 0.05) is 11.4 Å². The lowest BCUT2D eigenvalue weighted by atomic mass is 10.2. The minimum atomic E-state index is -0.248. The number of hydrogen-bond acceptors (Lipinski definition) is 6. The first kappa shape index (κ1) is 19.8. The van der Waals surface area contributed by atoms with E-state index in [4.69, 9.17) is 14.3 Å². The molecule has 0 bridgehead atoms. The largest absolute Gasteiger partial charge is 0.484 e. The molecule has 0 amide bonds. The maximum Gasteiger partial charge on any atom is 0.277 e. The second-order valence-corrected chi connectivity index (χ2v) is 8.40. The van der Waals surface area contributed by atoms with Crippen LogP contribution in [0.2, 0.25) is 0 Å². The molecular formula is C23H21FN4O2S. The maximum absolute atomic E-state index is 13.3. The van der Waals surface area contributed by atoms with Gasteiger partial charge in [0.1, 0.15) is 11.6 Å². The molecule has 0 unspecified atom stereocenters. The quantitative estimate of drug-likeness (QED) is 0.377. The molecule has 8 heteroatoms. The van der Waals surface area contributed by atoms with E-state index in [1.165, 1.54) is 35.2 Å². The third-order valence-corrected chi connectivity index (χ3v) is 6.05. The van der Waals surface area contributed by atoms with Gasteiger partial charge in [-0.2, -0.15) is 5.10 Å². The lowest BCUT2D eigenvalue weighted by Gasteiger charge is -2.05. The molecule has 1 aliphatic rings. The van der Waals surface area contributed by atoms with Gasteiger partial charge in [-0.1, -0.05) is 23.9 Å². The number of rotatable bonds is 7. The zero-order valence-electron chi connectivity index (χ0n) is 17.0. The molecule has 0 atom stereocenters. The van der Waals surface area contributed by atoms with Gasteiger partial charge in [0.2, 0.25) is 0 Å². The van der Waals surface area contributed by atoms with E-state index in [0.717, 1.165) is 42.0 Å². The van der Waals surface area contributed by atoms with Crippen LogP contribution in [-0.2, 0) is 25.2 Å². The Kier molecular flexibility index (Phi) is 5.46. The highest BCUT2D eigenvalue weighted by molar-refractivity contribution is 7.98. The molecule has 2 heterocycles. The molecule has 2 aromatic heterocycles. The van der Waals surface area contributed by atoms with Gasteiger partial charge in [-0.25, -0.2) is 9.07 Å². The second kappa shape index (κ2) is 8.55. The standard InChI is InChI=1S/C23H21FN4O2S/c1-15-4-2-5-18(12-15)29-13-22-25-26-23(30-22)31-14-20-19-6-3-7-21(19)28(27-20)17-10-8-16(24)9-11-17/h2,4-5,8-12H,3,6-7,13-14H2,1H3. The van der Waals surface area contributed by atoms with Crippen LogP contribution in [0.1, 0.15) is 34.8 Å². The van der Waals surface area contributed by atoms with Gasteiger partial charge >= 0.3 is 0 Å². The van der Waals surface area contributed by atoms with Crippen LogP contribution in [0.4, 0.5) is 4.39 Å². The van der Waals surface area contributed by atoms with Crippen LogP contribution in [0.15, 0.2) is 58.2 Å². The Balaban J connectivity index is 1.25. The second-order valence-electron chi connectivity index (χ2n) is 7.47. The van der Waals surface area contributed by atoms with Crippen molar-refractivity contribution in [1.29, 1.82) is 0 Å². The molecule has 0 fully saturated rings. The van der Waals surface area contributed by atoms with Crippen molar-refractivity contribution in [2.75, 3.05) is 0 Å². The number of thioether (sulfide) groups is 1. The Morgan fingerprint density at radius 1 is 1.13 bits per heavy atom.